The fraction of sp³-hybridized carbons (Fsp3) is 0.667. The van der Waals surface area contributed by atoms with Gasteiger partial charge in [-0.15, -0.1) is 0 Å². The SMILES string of the molecule is Cc1c(N)nc(C(C)C)nc1NN1CCOCC1. The van der Waals surface area contributed by atoms with E-state index in [0.717, 1.165) is 43.5 Å². The second kappa shape index (κ2) is 5.49. The van der Waals surface area contributed by atoms with E-state index < -0.39 is 0 Å². The fourth-order valence-corrected chi connectivity index (χ4v) is 1.74. The Morgan fingerprint density at radius 2 is 1.94 bits per heavy atom. The number of nitrogens with two attached hydrogens (primary N) is 1. The third-order valence-electron chi connectivity index (χ3n) is 2.99. The van der Waals surface area contributed by atoms with Gasteiger partial charge in [0.15, 0.2) is 0 Å². The van der Waals surface area contributed by atoms with Crippen molar-refractivity contribution in [1.82, 2.24) is 15.0 Å². The van der Waals surface area contributed by atoms with E-state index in [2.05, 4.69) is 34.3 Å². The summed E-state index contributed by atoms with van der Waals surface area (Å²) >= 11 is 0. The lowest BCUT2D eigenvalue weighted by molar-refractivity contribution is 0.0494. The van der Waals surface area contributed by atoms with E-state index in [4.69, 9.17) is 10.5 Å². The third kappa shape index (κ3) is 2.88. The van der Waals surface area contributed by atoms with Gasteiger partial charge in [0.25, 0.3) is 0 Å². The Hall–Kier alpha value is -1.40. The van der Waals surface area contributed by atoms with Gasteiger partial charge in [0.05, 0.1) is 13.2 Å². The molecule has 0 aromatic carbocycles. The van der Waals surface area contributed by atoms with Crippen LogP contribution in [0.5, 0.6) is 0 Å². The third-order valence-corrected chi connectivity index (χ3v) is 2.99. The summed E-state index contributed by atoms with van der Waals surface area (Å²) in [6.45, 7) is 9.22. The molecule has 6 heteroatoms. The normalized spacial score (nSPS) is 17.1. The predicted molar refractivity (Wildman–Crippen MR) is 71.3 cm³/mol. The van der Waals surface area contributed by atoms with Gasteiger partial charge in [-0.2, -0.15) is 0 Å². The minimum absolute atomic E-state index is 0.262. The lowest BCUT2D eigenvalue weighted by Gasteiger charge is -2.28. The van der Waals surface area contributed by atoms with Crippen LogP contribution in [0.25, 0.3) is 0 Å². The maximum atomic E-state index is 5.93. The van der Waals surface area contributed by atoms with E-state index in [-0.39, 0.29) is 5.92 Å². The highest BCUT2D eigenvalue weighted by Crippen LogP contribution is 2.21. The van der Waals surface area contributed by atoms with Crippen molar-refractivity contribution >= 4 is 11.6 Å². The van der Waals surface area contributed by atoms with Crippen molar-refractivity contribution in [2.45, 2.75) is 26.7 Å². The molecule has 0 saturated carbocycles. The van der Waals surface area contributed by atoms with Crippen molar-refractivity contribution in [2.75, 3.05) is 37.5 Å². The van der Waals surface area contributed by atoms with Crippen LogP contribution >= 0.6 is 0 Å². The Bertz CT molecular complexity index is 415. The number of nitrogen functional groups attached to an aromatic ring is 1. The molecule has 1 fully saturated rings. The first-order chi connectivity index (χ1) is 8.58. The van der Waals surface area contributed by atoms with E-state index in [1.165, 1.54) is 0 Å². The molecule has 0 atom stereocenters. The van der Waals surface area contributed by atoms with Gasteiger partial charge < -0.3 is 15.9 Å². The molecule has 1 saturated heterocycles. The molecule has 0 radical (unpaired) electrons. The van der Waals surface area contributed by atoms with Crippen LogP contribution in [-0.2, 0) is 4.74 Å². The number of rotatable bonds is 3. The quantitative estimate of drug-likeness (QED) is 0.839. The first-order valence-corrected chi connectivity index (χ1v) is 6.31. The standard InChI is InChI=1S/C12H21N5O/c1-8(2)11-14-10(13)9(3)12(15-11)16-17-4-6-18-7-5-17/h8H,4-7H2,1-3H3,(H3,13,14,15,16). The van der Waals surface area contributed by atoms with Gasteiger partial charge >= 0.3 is 0 Å². The fourth-order valence-electron chi connectivity index (χ4n) is 1.74. The zero-order valence-corrected chi connectivity index (χ0v) is 11.2. The van der Waals surface area contributed by atoms with Crippen molar-refractivity contribution in [2.24, 2.45) is 0 Å². The van der Waals surface area contributed by atoms with Crippen molar-refractivity contribution in [3.05, 3.63) is 11.4 Å². The number of hydrazine groups is 1. The molecule has 100 valence electrons. The van der Waals surface area contributed by atoms with E-state index in [9.17, 15) is 0 Å². The van der Waals surface area contributed by atoms with Crippen LogP contribution in [0.15, 0.2) is 0 Å². The molecule has 6 nitrogen and oxygen atoms in total. The topological polar surface area (TPSA) is 76.3 Å². The predicted octanol–water partition coefficient (Wildman–Crippen LogP) is 1.15. The Morgan fingerprint density at radius 3 is 2.56 bits per heavy atom. The zero-order valence-electron chi connectivity index (χ0n) is 11.2. The van der Waals surface area contributed by atoms with Crippen molar-refractivity contribution in [3.8, 4) is 0 Å². The Kier molecular flexibility index (Phi) is 3.98. The van der Waals surface area contributed by atoms with Crippen LogP contribution in [0, 0.1) is 6.92 Å². The van der Waals surface area contributed by atoms with Gasteiger partial charge in [-0.1, -0.05) is 13.8 Å². The molecular formula is C12H21N5O. The lowest BCUT2D eigenvalue weighted by Crippen LogP contribution is -2.40. The smallest absolute Gasteiger partial charge is 0.149 e. The number of nitrogens with one attached hydrogen (secondary N) is 1. The largest absolute Gasteiger partial charge is 0.383 e. The molecule has 0 unspecified atom stereocenters. The molecule has 1 aromatic heterocycles. The highest BCUT2D eigenvalue weighted by Gasteiger charge is 2.15. The number of ether oxygens (including phenoxy) is 1. The first kappa shape index (κ1) is 13.0. The second-order valence-electron chi connectivity index (χ2n) is 4.81. The number of anilines is 2. The summed E-state index contributed by atoms with van der Waals surface area (Å²) in [7, 11) is 0. The summed E-state index contributed by atoms with van der Waals surface area (Å²) in [4.78, 5) is 8.85. The molecule has 18 heavy (non-hydrogen) atoms. The Labute approximate surface area is 108 Å². The molecule has 0 bridgehead atoms. The van der Waals surface area contributed by atoms with E-state index in [1.807, 2.05) is 6.92 Å². The number of nitrogens with zero attached hydrogens (tertiary/aromatic N) is 3. The van der Waals surface area contributed by atoms with Gasteiger partial charge in [0, 0.05) is 24.6 Å². The molecule has 0 amide bonds. The molecule has 1 aliphatic rings. The van der Waals surface area contributed by atoms with Crippen LogP contribution in [-0.4, -0.2) is 41.3 Å². The molecule has 1 aliphatic heterocycles. The summed E-state index contributed by atoms with van der Waals surface area (Å²) in [5.74, 6) is 2.38. The van der Waals surface area contributed by atoms with Gasteiger partial charge in [-0.25, -0.2) is 15.0 Å². The summed E-state index contributed by atoms with van der Waals surface area (Å²) in [6.07, 6.45) is 0. The molecule has 2 rings (SSSR count). The molecular weight excluding hydrogens is 230 g/mol. The van der Waals surface area contributed by atoms with Crippen LogP contribution in [0.1, 0.15) is 31.2 Å². The monoisotopic (exact) mass is 251 g/mol. The van der Waals surface area contributed by atoms with E-state index in [1.54, 1.807) is 0 Å². The van der Waals surface area contributed by atoms with E-state index >= 15 is 0 Å². The van der Waals surface area contributed by atoms with Crippen molar-refractivity contribution < 1.29 is 4.74 Å². The summed E-state index contributed by atoms with van der Waals surface area (Å²) in [5, 5.41) is 2.10. The zero-order chi connectivity index (χ0) is 13.1. The molecule has 1 aromatic rings. The minimum atomic E-state index is 0.262. The first-order valence-electron chi connectivity index (χ1n) is 6.31. The molecule has 2 heterocycles. The van der Waals surface area contributed by atoms with Crippen molar-refractivity contribution in [1.29, 1.82) is 0 Å². The molecule has 0 spiro atoms. The van der Waals surface area contributed by atoms with Crippen LogP contribution in [0.4, 0.5) is 11.6 Å². The van der Waals surface area contributed by atoms with Gasteiger partial charge in [0.2, 0.25) is 0 Å². The maximum absolute atomic E-state index is 5.93. The van der Waals surface area contributed by atoms with E-state index in [0.29, 0.717) is 5.82 Å². The molecule has 3 N–H and O–H groups in total. The Morgan fingerprint density at radius 1 is 1.28 bits per heavy atom. The highest BCUT2D eigenvalue weighted by molar-refractivity contribution is 5.54. The van der Waals surface area contributed by atoms with Crippen LogP contribution in [0.3, 0.4) is 0 Å². The van der Waals surface area contributed by atoms with Crippen LogP contribution < -0.4 is 11.2 Å². The maximum Gasteiger partial charge on any atom is 0.149 e. The second-order valence-corrected chi connectivity index (χ2v) is 4.81. The summed E-state index contributed by atoms with van der Waals surface area (Å²) in [6, 6.07) is 0. The van der Waals surface area contributed by atoms with Gasteiger partial charge in [-0.05, 0) is 6.92 Å². The van der Waals surface area contributed by atoms with Crippen LogP contribution in [0.2, 0.25) is 0 Å². The Balaban J connectivity index is 2.19. The van der Waals surface area contributed by atoms with Gasteiger partial charge in [-0.3, -0.25) is 0 Å². The average Bonchev–Trinajstić information content (AvgIpc) is 2.35. The highest BCUT2D eigenvalue weighted by atomic mass is 16.5. The van der Waals surface area contributed by atoms with Crippen molar-refractivity contribution in [3.63, 3.8) is 0 Å². The number of aromatic nitrogens is 2. The number of morpholine rings is 1. The molecule has 0 aliphatic carbocycles. The minimum Gasteiger partial charge on any atom is -0.383 e. The van der Waals surface area contributed by atoms with Gasteiger partial charge in [0.1, 0.15) is 17.5 Å². The number of hydrogen-bond donors (Lipinski definition) is 2. The summed E-state index contributed by atoms with van der Waals surface area (Å²) < 4.78 is 5.31. The summed E-state index contributed by atoms with van der Waals surface area (Å²) in [5.41, 5.74) is 10.1. The lowest BCUT2D eigenvalue weighted by atomic mass is 10.2. The average molecular weight is 251 g/mol. The number of hydrogen-bond acceptors (Lipinski definition) is 6.